The maximum absolute atomic E-state index is 6.19. The van der Waals surface area contributed by atoms with Crippen molar-refractivity contribution in [3.63, 3.8) is 0 Å². The molecule has 1 aromatic heterocycles. The van der Waals surface area contributed by atoms with Crippen LogP contribution in [-0.2, 0) is 6.42 Å². The van der Waals surface area contributed by atoms with Gasteiger partial charge in [-0.15, -0.1) is 0 Å². The van der Waals surface area contributed by atoms with Gasteiger partial charge in [-0.05, 0) is 42.3 Å². The third-order valence-corrected chi connectivity index (χ3v) is 4.54. The zero-order chi connectivity index (χ0) is 16.5. The summed E-state index contributed by atoms with van der Waals surface area (Å²) in [4.78, 5) is 11.1. The van der Waals surface area contributed by atoms with E-state index in [1.807, 2.05) is 12.1 Å². The fourth-order valence-corrected chi connectivity index (χ4v) is 3.19. The first-order chi connectivity index (χ1) is 11.7. The molecule has 0 unspecified atom stereocenters. The molecule has 6 heteroatoms. The molecule has 0 amide bonds. The molecule has 1 N–H and O–H groups in total. The molecule has 1 aliphatic heterocycles. The largest absolute Gasteiger partial charge is 0.326 e. The molecule has 120 valence electrons. The SMILES string of the molecule is Clc1ccc(Cl)c(Nc2nccc(N3CCc4ccccc43)n2)c1. The summed E-state index contributed by atoms with van der Waals surface area (Å²) in [7, 11) is 0. The summed E-state index contributed by atoms with van der Waals surface area (Å²) >= 11 is 12.2. The Hall–Kier alpha value is -2.30. The highest BCUT2D eigenvalue weighted by Gasteiger charge is 2.21. The predicted octanol–water partition coefficient (Wildman–Crippen LogP) is 5.22. The van der Waals surface area contributed by atoms with Gasteiger partial charge in [0.05, 0.1) is 10.7 Å². The van der Waals surface area contributed by atoms with Crippen LogP contribution in [-0.4, -0.2) is 16.5 Å². The van der Waals surface area contributed by atoms with Crippen LogP contribution in [0.25, 0.3) is 0 Å². The molecule has 0 fully saturated rings. The minimum absolute atomic E-state index is 0.487. The van der Waals surface area contributed by atoms with Gasteiger partial charge in [-0.25, -0.2) is 4.98 Å². The number of hydrogen-bond donors (Lipinski definition) is 1. The van der Waals surface area contributed by atoms with Gasteiger partial charge in [0.1, 0.15) is 5.82 Å². The molecule has 24 heavy (non-hydrogen) atoms. The van der Waals surface area contributed by atoms with Gasteiger partial charge in [-0.2, -0.15) is 4.98 Å². The molecule has 0 radical (unpaired) electrons. The molecular weight excluding hydrogens is 343 g/mol. The number of fused-ring (bicyclic) bond motifs is 1. The van der Waals surface area contributed by atoms with Crippen molar-refractivity contribution in [2.45, 2.75) is 6.42 Å². The maximum Gasteiger partial charge on any atom is 0.229 e. The van der Waals surface area contributed by atoms with Gasteiger partial charge < -0.3 is 10.2 Å². The van der Waals surface area contributed by atoms with Gasteiger partial charge in [0.25, 0.3) is 0 Å². The average Bonchev–Trinajstić information content (AvgIpc) is 3.03. The van der Waals surface area contributed by atoms with Crippen molar-refractivity contribution in [1.82, 2.24) is 9.97 Å². The Morgan fingerprint density at radius 3 is 2.83 bits per heavy atom. The molecule has 1 aliphatic rings. The normalized spacial score (nSPS) is 13.0. The number of hydrogen-bond acceptors (Lipinski definition) is 4. The third-order valence-electron chi connectivity index (χ3n) is 3.98. The molecule has 0 aliphatic carbocycles. The maximum atomic E-state index is 6.19. The molecule has 0 saturated heterocycles. The lowest BCUT2D eigenvalue weighted by Gasteiger charge is -2.19. The first-order valence-corrected chi connectivity index (χ1v) is 8.37. The molecule has 0 atom stereocenters. The summed E-state index contributed by atoms with van der Waals surface area (Å²) in [6.07, 6.45) is 2.76. The van der Waals surface area contributed by atoms with Crippen LogP contribution < -0.4 is 10.2 Å². The number of nitrogens with zero attached hydrogens (tertiary/aromatic N) is 3. The molecule has 4 nitrogen and oxygen atoms in total. The predicted molar refractivity (Wildman–Crippen MR) is 98.9 cm³/mol. The van der Waals surface area contributed by atoms with E-state index in [-0.39, 0.29) is 0 Å². The van der Waals surface area contributed by atoms with Gasteiger partial charge in [0, 0.05) is 23.5 Å². The number of rotatable bonds is 3. The lowest BCUT2D eigenvalue weighted by Crippen LogP contribution is -2.15. The van der Waals surface area contributed by atoms with Crippen molar-refractivity contribution in [1.29, 1.82) is 0 Å². The number of para-hydroxylation sites is 1. The highest BCUT2D eigenvalue weighted by molar-refractivity contribution is 6.35. The van der Waals surface area contributed by atoms with E-state index in [0.717, 1.165) is 18.8 Å². The van der Waals surface area contributed by atoms with E-state index < -0.39 is 0 Å². The Balaban J connectivity index is 1.64. The number of aromatic nitrogens is 2. The minimum atomic E-state index is 0.487. The standard InChI is InChI=1S/C18H14Cl2N4/c19-13-5-6-14(20)15(11-13)22-18-21-9-7-17(23-18)24-10-8-12-3-1-2-4-16(12)24/h1-7,9,11H,8,10H2,(H,21,22,23). The van der Waals surface area contributed by atoms with Crippen molar-refractivity contribution in [3.8, 4) is 0 Å². The Labute approximate surface area is 150 Å². The minimum Gasteiger partial charge on any atom is -0.326 e. The Morgan fingerprint density at radius 1 is 1.04 bits per heavy atom. The number of nitrogens with one attached hydrogen (secondary N) is 1. The summed E-state index contributed by atoms with van der Waals surface area (Å²) in [6, 6.07) is 15.5. The van der Waals surface area contributed by atoms with Crippen LogP contribution in [0.4, 0.5) is 23.1 Å². The molecule has 2 aromatic carbocycles. The van der Waals surface area contributed by atoms with Gasteiger partial charge in [0.15, 0.2) is 0 Å². The van der Waals surface area contributed by atoms with E-state index >= 15 is 0 Å². The van der Waals surface area contributed by atoms with E-state index in [1.165, 1.54) is 11.3 Å². The quantitative estimate of drug-likeness (QED) is 0.698. The van der Waals surface area contributed by atoms with E-state index in [9.17, 15) is 0 Å². The molecule has 4 rings (SSSR count). The van der Waals surface area contributed by atoms with Crippen LogP contribution >= 0.6 is 23.2 Å². The second-order valence-electron chi connectivity index (χ2n) is 5.52. The summed E-state index contributed by atoms with van der Waals surface area (Å²) in [6.45, 7) is 0.910. The summed E-state index contributed by atoms with van der Waals surface area (Å²) < 4.78 is 0. The van der Waals surface area contributed by atoms with Gasteiger partial charge >= 0.3 is 0 Å². The van der Waals surface area contributed by atoms with E-state index in [4.69, 9.17) is 23.2 Å². The lowest BCUT2D eigenvalue weighted by atomic mass is 10.2. The van der Waals surface area contributed by atoms with Crippen molar-refractivity contribution < 1.29 is 0 Å². The number of halogens is 2. The van der Waals surface area contributed by atoms with Crippen LogP contribution in [0.15, 0.2) is 54.7 Å². The monoisotopic (exact) mass is 356 g/mol. The highest BCUT2D eigenvalue weighted by Crippen LogP contribution is 2.34. The Bertz CT molecular complexity index is 898. The molecule has 0 saturated carbocycles. The fourth-order valence-electron chi connectivity index (χ4n) is 2.85. The summed E-state index contributed by atoms with van der Waals surface area (Å²) in [5.41, 5.74) is 3.22. The van der Waals surface area contributed by atoms with Crippen molar-refractivity contribution in [2.75, 3.05) is 16.8 Å². The zero-order valence-corrected chi connectivity index (χ0v) is 14.2. The molecule has 3 aromatic rings. The van der Waals surface area contributed by atoms with Crippen LogP contribution in [0.5, 0.6) is 0 Å². The average molecular weight is 357 g/mol. The van der Waals surface area contributed by atoms with E-state index in [0.29, 0.717) is 21.7 Å². The van der Waals surface area contributed by atoms with Crippen molar-refractivity contribution >= 4 is 46.3 Å². The van der Waals surface area contributed by atoms with Crippen LogP contribution in [0.2, 0.25) is 10.0 Å². The Kier molecular flexibility index (Phi) is 4.00. The smallest absolute Gasteiger partial charge is 0.229 e. The van der Waals surface area contributed by atoms with Gasteiger partial charge in [-0.1, -0.05) is 41.4 Å². The molecule has 0 bridgehead atoms. The zero-order valence-electron chi connectivity index (χ0n) is 12.7. The lowest BCUT2D eigenvalue weighted by molar-refractivity contribution is 0.966. The third kappa shape index (κ3) is 2.90. The van der Waals surface area contributed by atoms with E-state index in [2.05, 4.69) is 38.4 Å². The highest BCUT2D eigenvalue weighted by atomic mass is 35.5. The fraction of sp³-hybridized carbons (Fsp3) is 0.111. The van der Waals surface area contributed by atoms with Gasteiger partial charge in [-0.3, -0.25) is 0 Å². The van der Waals surface area contributed by atoms with E-state index in [1.54, 1.807) is 24.4 Å². The summed E-state index contributed by atoms with van der Waals surface area (Å²) in [5.74, 6) is 1.34. The van der Waals surface area contributed by atoms with Crippen molar-refractivity contribution in [2.24, 2.45) is 0 Å². The van der Waals surface area contributed by atoms with Crippen molar-refractivity contribution in [3.05, 3.63) is 70.3 Å². The van der Waals surface area contributed by atoms with Crippen LogP contribution in [0.1, 0.15) is 5.56 Å². The molecular formula is C18H14Cl2N4. The Morgan fingerprint density at radius 2 is 1.92 bits per heavy atom. The molecule has 0 spiro atoms. The molecule has 2 heterocycles. The second kappa shape index (κ2) is 6.30. The van der Waals surface area contributed by atoms with Gasteiger partial charge in [0.2, 0.25) is 5.95 Å². The number of benzene rings is 2. The van der Waals surface area contributed by atoms with Crippen LogP contribution in [0, 0.1) is 0 Å². The summed E-state index contributed by atoms with van der Waals surface area (Å²) in [5, 5.41) is 4.31. The first kappa shape index (κ1) is 15.2. The first-order valence-electron chi connectivity index (χ1n) is 7.61. The number of anilines is 4. The van der Waals surface area contributed by atoms with Crippen LogP contribution in [0.3, 0.4) is 0 Å². The second-order valence-corrected chi connectivity index (χ2v) is 6.36. The topological polar surface area (TPSA) is 41.1 Å².